The second-order valence-electron chi connectivity index (χ2n) is 15.0. The van der Waals surface area contributed by atoms with Crippen molar-refractivity contribution < 1.29 is 0 Å². The van der Waals surface area contributed by atoms with Crippen LogP contribution in [0.3, 0.4) is 0 Å². The molecule has 0 spiro atoms. The Kier molecular flexibility index (Phi) is 9.34. The number of nitrogens with zero attached hydrogens (tertiary/aromatic N) is 4. The molecule has 11 aromatic rings. The maximum absolute atomic E-state index is 5.29. The summed E-state index contributed by atoms with van der Waals surface area (Å²) in [6.45, 7) is 0. The van der Waals surface area contributed by atoms with E-state index in [0.717, 1.165) is 76.9 Å². The van der Waals surface area contributed by atoms with E-state index in [1.54, 1.807) is 11.3 Å². The smallest absolute Gasteiger partial charge is 0.164 e. The summed E-state index contributed by atoms with van der Waals surface area (Å²) >= 11 is 1.80. The van der Waals surface area contributed by atoms with E-state index in [1.807, 2.05) is 12.1 Å². The van der Waals surface area contributed by atoms with E-state index >= 15 is 0 Å². The van der Waals surface area contributed by atoms with Gasteiger partial charge >= 0.3 is 0 Å². The topological polar surface area (TPSA) is 51.6 Å². The predicted molar refractivity (Wildman–Crippen MR) is 254 cm³/mol. The molecule has 11 rings (SSSR count). The molecule has 0 saturated heterocycles. The minimum absolute atomic E-state index is 0.606. The van der Waals surface area contributed by atoms with Gasteiger partial charge in [-0.25, -0.2) is 19.9 Å². The summed E-state index contributed by atoms with van der Waals surface area (Å²) in [6, 6.07) is 76.2. The first kappa shape index (κ1) is 36.2. The Hall–Kier alpha value is -7.86. The van der Waals surface area contributed by atoms with E-state index in [1.165, 1.54) is 15.8 Å². The second-order valence-corrected chi connectivity index (χ2v) is 16.0. The highest BCUT2D eigenvalue weighted by Gasteiger charge is 2.23. The molecular formula is C56H36N4S. The van der Waals surface area contributed by atoms with Gasteiger partial charge in [-0.2, -0.15) is 0 Å². The molecule has 3 heterocycles. The Morgan fingerprint density at radius 1 is 0.295 bits per heavy atom. The van der Waals surface area contributed by atoms with E-state index in [4.69, 9.17) is 19.9 Å². The number of pyridine rings is 1. The first-order valence-electron chi connectivity index (χ1n) is 20.4. The maximum Gasteiger partial charge on any atom is 0.164 e. The van der Waals surface area contributed by atoms with Gasteiger partial charge in [-0.1, -0.05) is 194 Å². The Morgan fingerprint density at radius 3 is 1.21 bits per heavy atom. The molecule has 0 bridgehead atoms. The third-order valence-corrected chi connectivity index (χ3v) is 12.4. The first-order chi connectivity index (χ1) is 30.2. The minimum atomic E-state index is 0.606. The van der Waals surface area contributed by atoms with Gasteiger partial charge in [0.2, 0.25) is 0 Å². The van der Waals surface area contributed by atoms with Crippen LogP contribution in [0.25, 0.3) is 110 Å². The second kappa shape index (κ2) is 15.7. The van der Waals surface area contributed by atoms with Crippen LogP contribution in [0.2, 0.25) is 0 Å². The molecule has 61 heavy (non-hydrogen) atoms. The molecular weight excluding hydrogens is 761 g/mol. The van der Waals surface area contributed by atoms with Crippen molar-refractivity contribution in [3.63, 3.8) is 0 Å². The van der Waals surface area contributed by atoms with Crippen molar-refractivity contribution in [2.75, 3.05) is 0 Å². The molecule has 0 aliphatic heterocycles. The van der Waals surface area contributed by atoms with Crippen LogP contribution < -0.4 is 0 Å². The summed E-state index contributed by atoms with van der Waals surface area (Å²) in [5.74, 6) is 1.84. The van der Waals surface area contributed by atoms with Crippen LogP contribution in [0.5, 0.6) is 0 Å². The zero-order chi connectivity index (χ0) is 40.5. The zero-order valence-electron chi connectivity index (χ0n) is 33.0. The largest absolute Gasteiger partial charge is 0.246 e. The lowest BCUT2D eigenvalue weighted by Crippen LogP contribution is -2.00. The van der Waals surface area contributed by atoms with Gasteiger partial charge in [0.1, 0.15) is 0 Å². The minimum Gasteiger partial charge on any atom is -0.246 e. The van der Waals surface area contributed by atoms with Gasteiger partial charge in [-0.05, 0) is 57.6 Å². The van der Waals surface area contributed by atoms with E-state index < -0.39 is 0 Å². The van der Waals surface area contributed by atoms with Crippen LogP contribution in [-0.2, 0) is 0 Å². The molecule has 0 unspecified atom stereocenters. The van der Waals surface area contributed by atoms with Crippen LogP contribution in [0.15, 0.2) is 218 Å². The van der Waals surface area contributed by atoms with Crippen LogP contribution in [0.1, 0.15) is 0 Å². The Labute approximate surface area is 358 Å². The average molecular weight is 797 g/mol. The summed E-state index contributed by atoms with van der Waals surface area (Å²) in [7, 11) is 0. The third-order valence-electron chi connectivity index (χ3n) is 11.1. The monoisotopic (exact) mass is 796 g/mol. The van der Waals surface area contributed by atoms with Gasteiger partial charge in [0, 0.05) is 43.5 Å². The summed E-state index contributed by atoms with van der Waals surface area (Å²) in [4.78, 5) is 22.2. The van der Waals surface area contributed by atoms with Gasteiger partial charge in [0.25, 0.3) is 0 Å². The molecule has 5 heteroatoms. The number of hydrogen-bond donors (Lipinski definition) is 0. The summed E-state index contributed by atoms with van der Waals surface area (Å²) in [5.41, 5.74) is 13.7. The van der Waals surface area contributed by atoms with E-state index in [9.17, 15) is 0 Å². The fourth-order valence-corrected chi connectivity index (χ4v) is 9.54. The van der Waals surface area contributed by atoms with Crippen molar-refractivity contribution in [3.05, 3.63) is 218 Å². The van der Waals surface area contributed by atoms with Gasteiger partial charge < -0.3 is 0 Å². The number of fused-ring (bicyclic) bond motifs is 3. The molecule has 3 aromatic heterocycles. The lowest BCUT2D eigenvalue weighted by atomic mass is 9.94. The van der Waals surface area contributed by atoms with Gasteiger partial charge in [-0.3, -0.25) is 0 Å². The molecule has 0 amide bonds. The molecule has 0 N–H and O–H groups in total. The highest BCUT2D eigenvalue weighted by molar-refractivity contribution is 7.23. The maximum atomic E-state index is 5.29. The summed E-state index contributed by atoms with van der Waals surface area (Å²) in [5, 5.41) is 2.32. The SMILES string of the molecule is c1ccc(-c2cccc(-c3nc(-c4cccc(-c5ccccc5)c4)nc(-c4cccc(-c5c(-c6ccccc6)sc6c(-c7ccccc7)nc7ccccc7c56)c4)n3)c2)cc1. The van der Waals surface area contributed by atoms with Crippen molar-refractivity contribution in [2.24, 2.45) is 0 Å². The van der Waals surface area contributed by atoms with Crippen LogP contribution in [0.4, 0.5) is 0 Å². The lowest BCUT2D eigenvalue weighted by molar-refractivity contribution is 1.07. The molecule has 0 atom stereocenters. The van der Waals surface area contributed by atoms with E-state index in [0.29, 0.717) is 17.5 Å². The highest BCUT2D eigenvalue weighted by Crippen LogP contribution is 2.50. The molecule has 8 aromatic carbocycles. The molecule has 4 nitrogen and oxygen atoms in total. The Balaban J connectivity index is 1.13. The van der Waals surface area contributed by atoms with Crippen molar-refractivity contribution >= 4 is 32.3 Å². The number of hydrogen-bond acceptors (Lipinski definition) is 5. The molecule has 286 valence electrons. The fourth-order valence-electron chi connectivity index (χ4n) is 8.18. The normalized spacial score (nSPS) is 11.3. The summed E-state index contributed by atoms with van der Waals surface area (Å²) < 4.78 is 1.16. The van der Waals surface area contributed by atoms with Crippen molar-refractivity contribution in [1.82, 2.24) is 19.9 Å². The predicted octanol–water partition coefficient (Wildman–Crippen LogP) is 15.0. The molecule has 0 fully saturated rings. The van der Waals surface area contributed by atoms with Crippen molar-refractivity contribution in [3.8, 4) is 89.2 Å². The lowest BCUT2D eigenvalue weighted by Gasteiger charge is -2.12. The number of benzene rings is 8. The standard InChI is InChI=1S/C56H36N4S/c1-5-18-37(19-6-1)41-26-15-29-44(34-41)54-58-55(45-30-16-27-42(35-45)38-20-7-2-8-21-38)60-56(59-54)46-31-17-28-43(36-46)49-50-47-32-13-14-33-48(47)57-51(39-22-9-3-10-23-39)53(50)61-52(49)40-24-11-4-12-25-40/h1-36H. The number of thiophene rings is 1. The molecule has 0 saturated carbocycles. The van der Waals surface area contributed by atoms with E-state index in [-0.39, 0.29) is 0 Å². The third kappa shape index (κ3) is 6.97. The molecule has 0 radical (unpaired) electrons. The van der Waals surface area contributed by atoms with Crippen LogP contribution in [-0.4, -0.2) is 19.9 Å². The molecule has 0 aliphatic rings. The number of aromatic nitrogens is 4. The first-order valence-corrected chi connectivity index (χ1v) is 21.2. The Bertz CT molecular complexity index is 3240. The average Bonchev–Trinajstić information content (AvgIpc) is 3.76. The zero-order valence-corrected chi connectivity index (χ0v) is 33.8. The van der Waals surface area contributed by atoms with Crippen LogP contribution >= 0.6 is 11.3 Å². The van der Waals surface area contributed by atoms with Gasteiger partial charge in [0.05, 0.1) is 15.9 Å². The fraction of sp³-hybridized carbons (Fsp3) is 0. The highest BCUT2D eigenvalue weighted by atomic mass is 32.1. The van der Waals surface area contributed by atoms with Crippen LogP contribution in [0, 0.1) is 0 Å². The Morgan fingerprint density at radius 2 is 0.689 bits per heavy atom. The quantitative estimate of drug-likeness (QED) is 0.154. The number of rotatable bonds is 8. The summed E-state index contributed by atoms with van der Waals surface area (Å²) in [6.07, 6.45) is 0. The van der Waals surface area contributed by atoms with E-state index in [2.05, 4.69) is 206 Å². The molecule has 0 aliphatic carbocycles. The van der Waals surface area contributed by atoms with Crippen molar-refractivity contribution in [2.45, 2.75) is 0 Å². The van der Waals surface area contributed by atoms with Gasteiger partial charge in [-0.15, -0.1) is 11.3 Å². The van der Waals surface area contributed by atoms with Gasteiger partial charge in [0.15, 0.2) is 17.5 Å². The number of para-hydroxylation sites is 1. The van der Waals surface area contributed by atoms with Crippen molar-refractivity contribution in [1.29, 1.82) is 0 Å².